The van der Waals surface area contributed by atoms with Gasteiger partial charge in [-0.15, -0.1) is 0 Å². The van der Waals surface area contributed by atoms with E-state index in [1.807, 2.05) is 12.1 Å². The van der Waals surface area contributed by atoms with E-state index in [2.05, 4.69) is 10.3 Å². The number of Topliss-reactive ketones (excluding diaryl/α,β-unsaturated/α-hetero) is 1. The number of carbonyl (C=O) groups excluding carboxylic acids is 2. The summed E-state index contributed by atoms with van der Waals surface area (Å²) in [7, 11) is -4.14. The molecule has 1 amide bonds. The minimum atomic E-state index is -4.14. The number of hydrogen-bond acceptors (Lipinski definition) is 9. The molecule has 1 aliphatic heterocycles. The number of benzene rings is 2. The second-order valence-electron chi connectivity index (χ2n) is 10.1. The Morgan fingerprint density at radius 3 is 2.53 bits per heavy atom. The molecule has 38 heavy (non-hydrogen) atoms. The molecule has 0 bridgehead atoms. The number of ketones is 1. The Bertz CT molecular complexity index is 1420. The van der Waals surface area contributed by atoms with Crippen LogP contribution >= 0.6 is 0 Å². The van der Waals surface area contributed by atoms with Crippen LogP contribution < -0.4 is 15.2 Å². The van der Waals surface area contributed by atoms with Gasteiger partial charge in [-0.05, 0) is 63.1 Å². The predicted octanol–water partition coefficient (Wildman–Crippen LogP) is 2.65. The van der Waals surface area contributed by atoms with Crippen molar-refractivity contribution in [2.24, 2.45) is 5.73 Å². The summed E-state index contributed by atoms with van der Waals surface area (Å²) in [5.41, 5.74) is 6.82. The summed E-state index contributed by atoms with van der Waals surface area (Å²) < 4.78 is 36.2. The zero-order chi connectivity index (χ0) is 27.5. The molecule has 3 aromatic rings. The molecule has 4 rings (SSSR count). The molecular weight excluding hydrogens is 508 g/mol. The normalized spacial score (nSPS) is 17.2. The van der Waals surface area contributed by atoms with Crippen molar-refractivity contribution < 1.29 is 26.9 Å². The van der Waals surface area contributed by atoms with E-state index in [1.54, 1.807) is 51.1 Å². The number of aromatic nitrogens is 1. The van der Waals surface area contributed by atoms with Gasteiger partial charge in [0.05, 0.1) is 11.6 Å². The summed E-state index contributed by atoms with van der Waals surface area (Å²) in [5.74, 6) is -0.176. The van der Waals surface area contributed by atoms with E-state index in [0.29, 0.717) is 30.7 Å². The highest BCUT2D eigenvalue weighted by atomic mass is 32.2. The molecule has 1 aliphatic rings. The number of fused-ring (bicyclic) bond motifs is 1. The van der Waals surface area contributed by atoms with Crippen LogP contribution in [0.4, 0.5) is 4.79 Å². The summed E-state index contributed by atoms with van der Waals surface area (Å²) in [6.07, 6.45) is -0.343. The monoisotopic (exact) mass is 540 g/mol. The van der Waals surface area contributed by atoms with Gasteiger partial charge < -0.3 is 20.0 Å². The molecule has 1 saturated heterocycles. The van der Waals surface area contributed by atoms with Crippen LogP contribution in [-0.2, 0) is 26.1 Å². The molecule has 0 aliphatic carbocycles. The fourth-order valence-corrected chi connectivity index (χ4v) is 5.03. The van der Waals surface area contributed by atoms with Gasteiger partial charge in [0.15, 0.2) is 10.8 Å². The highest BCUT2D eigenvalue weighted by Crippen LogP contribution is 2.21. The molecule has 0 saturated carbocycles. The number of para-hydroxylation sites is 1. The van der Waals surface area contributed by atoms with E-state index in [0.717, 1.165) is 5.39 Å². The fourth-order valence-electron chi connectivity index (χ4n) is 4.14. The lowest BCUT2D eigenvalue weighted by Crippen LogP contribution is -2.60. The topological polar surface area (TPSA) is 141 Å². The third-order valence-electron chi connectivity index (χ3n) is 5.98. The Labute approximate surface area is 222 Å². The van der Waals surface area contributed by atoms with Gasteiger partial charge in [0.25, 0.3) is 0 Å². The number of rotatable bonds is 7. The third-order valence-corrected chi connectivity index (χ3v) is 7.13. The second-order valence-corrected chi connectivity index (χ2v) is 11.6. The van der Waals surface area contributed by atoms with Crippen LogP contribution in [0.15, 0.2) is 65.7 Å². The number of nitrogens with zero attached hydrogens (tertiary/aromatic N) is 2. The van der Waals surface area contributed by atoms with Gasteiger partial charge in [-0.25, -0.2) is 9.78 Å². The zero-order valence-electron chi connectivity index (χ0n) is 21.6. The van der Waals surface area contributed by atoms with E-state index in [1.165, 1.54) is 23.1 Å². The van der Waals surface area contributed by atoms with Crippen molar-refractivity contribution in [1.29, 1.82) is 0 Å². The maximum Gasteiger partial charge on any atom is 0.410 e. The average Bonchev–Trinajstić information content (AvgIpc) is 2.88. The van der Waals surface area contributed by atoms with Crippen molar-refractivity contribution in [3.63, 3.8) is 0 Å². The van der Waals surface area contributed by atoms with Crippen LogP contribution in [-0.4, -0.2) is 67.5 Å². The Morgan fingerprint density at radius 2 is 1.82 bits per heavy atom. The number of pyridine rings is 1. The number of nitrogens with one attached hydrogen (secondary N) is 1. The number of carbonyl (C=O) groups is 2. The van der Waals surface area contributed by atoms with E-state index in [-0.39, 0.29) is 23.0 Å². The first-order valence-electron chi connectivity index (χ1n) is 12.3. The number of piperazine rings is 1. The van der Waals surface area contributed by atoms with Crippen molar-refractivity contribution in [3.8, 4) is 5.75 Å². The average molecular weight is 541 g/mol. The number of hydrogen-bond donors (Lipinski definition) is 2. The fraction of sp³-hybridized carbons (Fsp3) is 0.370. The minimum Gasteiger partial charge on any atom is -0.444 e. The molecule has 0 radical (unpaired) electrons. The smallest absolute Gasteiger partial charge is 0.410 e. The van der Waals surface area contributed by atoms with Crippen LogP contribution in [0.1, 0.15) is 26.3 Å². The highest BCUT2D eigenvalue weighted by molar-refractivity contribution is 7.87. The lowest BCUT2D eigenvalue weighted by Gasteiger charge is -2.37. The second kappa shape index (κ2) is 11.1. The van der Waals surface area contributed by atoms with Crippen molar-refractivity contribution >= 4 is 32.9 Å². The van der Waals surface area contributed by atoms with Crippen molar-refractivity contribution in [2.75, 3.05) is 19.6 Å². The predicted molar refractivity (Wildman–Crippen MR) is 142 cm³/mol. The lowest BCUT2D eigenvalue weighted by molar-refractivity contribution is -0.126. The van der Waals surface area contributed by atoms with E-state index in [9.17, 15) is 18.0 Å². The Kier molecular flexibility index (Phi) is 8.00. The van der Waals surface area contributed by atoms with Gasteiger partial charge in [0.2, 0.25) is 0 Å². The Hall–Kier alpha value is -3.54. The quantitative estimate of drug-likeness (QED) is 0.433. The molecule has 2 aromatic carbocycles. The zero-order valence-corrected chi connectivity index (χ0v) is 22.4. The molecular formula is C27H32N4O6S. The molecule has 2 atom stereocenters. The van der Waals surface area contributed by atoms with Gasteiger partial charge in [-0.3, -0.25) is 9.69 Å². The highest BCUT2D eigenvalue weighted by Gasteiger charge is 2.36. The molecule has 11 heteroatoms. The van der Waals surface area contributed by atoms with Gasteiger partial charge in [0, 0.05) is 25.0 Å². The Balaban J connectivity index is 1.40. The van der Waals surface area contributed by atoms with Crippen LogP contribution in [0.2, 0.25) is 0 Å². The summed E-state index contributed by atoms with van der Waals surface area (Å²) in [6.45, 7) is 6.49. The summed E-state index contributed by atoms with van der Waals surface area (Å²) >= 11 is 0. The lowest BCUT2D eigenvalue weighted by atomic mass is 9.97. The van der Waals surface area contributed by atoms with Crippen LogP contribution in [0, 0.1) is 0 Å². The van der Waals surface area contributed by atoms with Crippen molar-refractivity contribution in [1.82, 2.24) is 15.2 Å². The van der Waals surface area contributed by atoms with Crippen LogP contribution in [0.5, 0.6) is 5.75 Å². The molecule has 1 unspecified atom stereocenters. The van der Waals surface area contributed by atoms with E-state index >= 15 is 0 Å². The maximum atomic E-state index is 13.2. The SMILES string of the molecule is CC(C)(C)OC(=O)N1CCNCC1C(=O)[C@@H](N)Cc1ccc(OS(=O)(=O)c2ccc3ccccc3n2)cc1. The van der Waals surface area contributed by atoms with Crippen LogP contribution in [0.25, 0.3) is 10.9 Å². The molecule has 202 valence electrons. The Morgan fingerprint density at radius 1 is 1.11 bits per heavy atom. The van der Waals surface area contributed by atoms with E-state index < -0.39 is 33.9 Å². The molecule has 0 spiro atoms. The van der Waals surface area contributed by atoms with E-state index in [4.69, 9.17) is 14.7 Å². The maximum absolute atomic E-state index is 13.2. The first kappa shape index (κ1) is 27.5. The minimum absolute atomic E-state index is 0.108. The molecule has 2 heterocycles. The summed E-state index contributed by atoms with van der Waals surface area (Å²) in [6, 6.07) is 15.0. The molecule has 3 N–H and O–H groups in total. The first-order valence-corrected chi connectivity index (χ1v) is 13.7. The third kappa shape index (κ3) is 6.66. The number of nitrogens with two attached hydrogens (primary N) is 1. The van der Waals surface area contributed by atoms with Gasteiger partial charge in [-0.2, -0.15) is 8.42 Å². The number of ether oxygens (including phenoxy) is 1. The van der Waals surface area contributed by atoms with Gasteiger partial charge >= 0.3 is 16.2 Å². The first-order chi connectivity index (χ1) is 17.9. The van der Waals surface area contributed by atoms with Gasteiger partial charge in [0.1, 0.15) is 17.4 Å². The van der Waals surface area contributed by atoms with Crippen molar-refractivity contribution in [3.05, 3.63) is 66.2 Å². The number of amides is 1. The summed E-state index contributed by atoms with van der Waals surface area (Å²) in [4.78, 5) is 31.4. The summed E-state index contributed by atoms with van der Waals surface area (Å²) in [5, 5.41) is 3.76. The van der Waals surface area contributed by atoms with Crippen LogP contribution in [0.3, 0.4) is 0 Å². The molecule has 1 fully saturated rings. The standard InChI is InChI=1S/C27H32N4O6S/c1-27(2,3)36-26(33)31-15-14-29-17-23(31)25(32)21(28)16-18-8-11-20(12-9-18)37-38(34,35)24-13-10-19-6-4-5-7-22(19)30-24/h4-13,21,23,29H,14-17,28H2,1-3H3/t21-,23?/m0/s1. The van der Waals surface area contributed by atoms with Gasteiger partial charge in [-0.1, -0.05) is 30.3 Å². The molecule has 1 aromatic heterocycles. The van der Waals surface area contributed by atoms with Crippen molar-refractivity contribution in [2.45, 2.75) is 49.9 Å². The largest absolute Gasteiger partial charge is 0.444 e. The molecule has 10 nitrogen and oxygen atoms in total.